The van der Waals surface area contributed by atoms with Gasteiger partial charge in [-0.3, -0.25) is 9.59 Å². The molecule has 0 aliphatic carbocycles. The smallest absolute Gasteiger partial charge is 0.270 e. The molecule has 0 atom stereocenters. The summed E-state index contributed by atoms with van der Waals surface area (Å²) in [7, 11) is 0. The summed E-state index contributed by atoms with van der Waals surface area (Å²) in [5.74, 6) is 0.384. The van der Waals surface area contributed by atoms with Crippen molar-refractivity contribution in [3.05, 3.63) is 23.2 Å². The van der Waals surface area contributed by atoms with Crippen molar-refractivity contribution in [1.29, 1.82) is 0 Å². The minimum atomic E-state index is -0.960. The maximum atomic E-state index is 12.7. The van der Waals surface area contributed by atoms with E-state index in [-0.39, 0.29) is 18.2 Å². The van der Waals surface area contributed by atoms with Crippen molar-refractivity contribution in [1.82, 2.24) is 5.32 Å². The van der Waals surface area contributed by atoms with E-state index in [4.69, 9.17) is 16.3 Å². The predicted molar refractivity (Wildman–Crippen MR) is 95.7 cm³/mol. The van der Waals surface area contributed by atoms with Crippen LogP contribution < -0.4 is 15.0 Å². The monoisotopic (exact) mass is 352 g/mol. The third-order valence-electron chi connectivity index (χ3n) is 4.00. The number of benzene rings is 1. The van der Waals surface area contributed by atoms with Gasteiger partial charge in [-0.1, -0.05) is 31.4 Å². The molecule has 5 nitrogen and oxygen atoms in total. The summed E-state index contributed by atoms with van der Waals surface area (Å²) >= 11 is 6.05. The molecule has 1 aromatic carbocycles. The molecule has 2 rings (SSSR count). The Bertz CT molecular complexity index is 616. The zero-order valence-electron chi connectivity index (χ0n) is 14.5. The number of halogens is 1. The average Bonchev–Trinajstić information content (AvgIpc) is 2.53. The van der Waals surface area contributed by atoms with Crippen LogP contribution in [0.15, 0.2) is 18.2 Å². The maximum absolute atomic E-state index is 12.7. The summed E-state index contributed by atoms with van der Waals surface area (Å²) in [6.45, 7) is 6.56. The van der Waals surface area contributed by atoms with E-state index in [0.717, 1.165) is 19.3 Å². The lowest BCUT2D eigenvalue weighted by Crippen LogP contribution is -2.53. The topological polar surface area (TPSA) is 58.6 Å². The van der Waals surface area contributed by atoms with Crippen molar-refractivity contribution < 1.29 is 14.3 Å². The lowest BCUT2D eigenvalue weighted by atomic mass is 10.0. The number of nitrogens with zero attached hydrogens (tertiary/aromatic N) is 1. The molecule has 1 aromatic rings. The standard InChI is InChI=1S/C18H25ClN2O3/c1-4-5-6-10-20-16(22)9-11-21-14-12-13(19)7-8-15(14)24-18(2,3)17(21)23/h7-8,12H,4-6,9-11H2,1-3H3,(H,20,22). The molecule has 0 saturated carbocycles. The summed E-state index contributed by atoms with van der Waals surface area (Å²) in [4.78, 5) is 26.2. The number of amides is 2. The van der Waals surface area contributed by atoms with Gasteiger partial charge in [0.1, 0.15) is 5.75 Å². The van der Waals surface area contributed by atoms with Crippen LogP contribution in [0.25, 0.3) is 0 Å². The molecule has 132 valence electrons. The van der Waals surface area contributed by atoms with Gasteiger partial charge in [-0.05, 0) is 38.5 Å². The molecule has 0 radical (unpaired) electrons. The Kier molecular flexibility index (Phi) is 6.10. The molecule has 0 fully saturated rings. The highest BCUT2D eigenvalue weighted by atomic mass is 35.5. The van der Waals surface area contributed by atoms with Crippen LogP contribution in [-0.2, 0) is 9.59 Å². The second-order valence-corrected chi connectivity index (χ2v) is 6.92. The molecule has 1 aliphatic rings. The fourth-order valence-electron chi connectivity index (χ4n) is 2.67. The van der Waals surface area contributed by atoms with Crippen molar-refractivity contribution in [3.8, 4) is 5.75 Å². The molecule has 0 spiro atoms. The highest BCUT2D eigenvalue weighted by Crippen LogP contribution is 2.39. The molecule has 24 heavy (non-hydrogen) atoms. The first-order chi connectivity index (χ1) is 11.3. The number of unbranched alkanes of at least 4 members (excludes halogenated alkanes) is 2. The quantitative estimate of drug-likeness (QED) is 0.763. The number of rotatable bonds is 7. The van der Waals surface area contributed by atoms with Gasteiger partial charge in [0.25, 0.3) is 5.91 Å². The van der Waals surface area contributed by atoms with Gasteiger partial charge in [0.2, 0.25) is 5.91 Å². The van der Waals surface area contributed by atoms with Gasteiger partial charge in [-0.2, -0.15) is 0 Å². The first kappa shape index (κ1) is 18.6. The van der Waals surface area contributed by atoms with Gasteiger partial charge in [-0.15, -0.1) is 0 Å². The molecule has 1 aliphatic heterocycles. The van der Waals surface area contributed by atoms with Crippen LogP contribution in [0.2, 0.25) is 5.02 Å². The summed E-state index contributed by atoms with van der Waals surface area (Å²) in [5.41, 5.74) is -0.344. The van der Waals surface area contributed by atoms with Crippen molar-refractivity contribution in [2.45, 2.75) is 52.1 Å². The van der Waals surface area contributed by atoms with Crippen LogP contribution in [0.5, 0.6) is 5.75 Å². The summed E-state index contributed by atoms with van der Waals surface area (Å²) in [6, 6.07) is 5.18. The van der Waals surface area contributed by atoms with Crippen LogP contribution in [-0.4, -0.2) is 30.5 Å². The number of fused-ring (bicyclic) bond motifs is 1. The van der Waals surface area contributed by atoms with Crippen LogP contribution in [0.4, 0.5) is 5.69 Å². The van der Waals surface area contributed by atoms with Crippen molar-refractivity contribution >= 4 is 29.1 Å². The predicted octanol–water partition coefficient (Wildman–Crippen LogP) is 3.54. The largest absolute Gasteiger partial charge is 0.476 e. The van der Waals surface area contributed by atoms with Crippen LogP contribution >= 0.6 is 11.6 Å². The van der Waals surface area contributed by atoms with Gasteiger partial charge < -0.3 is 15.0 Å². The molecule has 0 bridgehead atoms. The Hall–Kier alpha value is -1.75. The van der Waals surface area contributed by atoms with Crippen molar-refractivity contribution in [2.75, 3.05) is 18.0 Å². The zero-order valence-corrected chi connectivity index (χ0v) is 15.3. The van der Waals surface area contributed by atoms with E-state index < -0.39 is 5.60 Å². The molecule has 2 amide bonds. The highest BCUT2D eigenvalue weighted by molar-refractivity contribution is 6.31. The van der Waals surface area contributed by atoms with E-state index >= 15 is 0 Å². The fourth-order valence-corrected chi connectivity index (χ4v) is 2.83. The summed E-state index contributed by atoms with van der Waals surface area (Å²) < 4.78 is 5.76. The molecule has 1 N–H and O–H groups in total. The van der Waals surface area contributed by atoms with Gasteiger partial charge >= 0.3 is 0 Å². The van der Waals surface area contributed by atoms with Gasteiger partial charge in [-0.25, -0.2) is 0 Å². The SMILES string of the molecule is CCCCCNC(=O)CCN1C(=O)C(C)(C)Oc2ccc(Cl)cc21. The summed E-state index contributed by atoms with van der Waals surface area (Å²) in [6.07, 6.45) is 3.44. The fraction of sp³-hybridized carbons (Fsp3) is 0.556. The van der Waals surface area contributed by atoms with E-state index in [0.29, 0.717) is 29.5 Å². The molecule has 0 aromatic heterocycles. The van der Waals surface area contributed by atoms with Crippen LogP contribution in [0, 0.1) is 0 Å². The average molecular weight is 353 g/mol. The third kappa shape index (κ3) is 4.41. The number of hydrogen-bond acceptors (Lipinski definition) is 3. The first-order valence-corrected chi connectivity index (χ1v) is 8.80. The van der Waals surface area contributed by atoms with Crippen molar-refractivity contribution in [3.63, 3.8) is 0 Å². The van der Waals surface area contributed by atoms with Gasteiger partial charge in [0, 0.05) is 24.5 Å². The second-order valence-electron chi connectivity index (χ2n) is 6.49. The molecule has 0 saturated heterocycles. The van der Waals surface area contributed by atoms with Crippen molar-refractivity contribution in [2.24, 2.45) is 0 Å². The number of carbonyl (C=O) groups excluding carboxylic acids is 2. The Morgan fingerprint density at radius 2 is 2.08 bits per heavy atom. The number of carbonyl (C=O) groups is 2. The minimum absolute atomic E-state index is 0.0493. The first-order valence-electron chi connectivity index (χ1n) is 8.42. The molecular formula is C18H25ClN2O3. The van der Waals surface area contributed by atoms with E-state index in [1.54, 1.807) is 36.9 Å². The van der Waals surface area contributed by atoms with Gasteiger partial charge in [0.15, 0.2) is 5.60 Å². The second kappa shape index (κ2) is 7.88. The number of nitrogens with one attached hydrogen (secondary N) is 1. The lowest BCUT2D eigenvalue weighted by Gasteiger charge is -2.38. The third-order valence-corrected chi connectivity index (χ3v) is 4.24. The molecule has 1 heterocycles. The highest BCUT2D eigenvalue weighted by Gasteiger charge is 2.40. The Morgan fingerprint density at radius 3 is 2.79 bits per heavy atom. The lowest BCUT2D eigenvalue weighted by molar-refractivity contribution is -0.132. The van der Waals surface area contributed by atoms with E-state index in [2.05, 4.69) is 12.2 Å². The van der Waals surface area contributed by atoms with Crippen LogP contribution in [0.1, 0.15) is 46.5 Å². The Morgan fingerprint density at radius 1 is 1.33 bits per heavy atom. The number of ether oxygens (including phenoxy) is 1. The minimum Gasteiger partial charge on any atom is -0.476 e. The summed E-state index contributed by atoms with van der Waals surface area (Å²) in [5, 5.41) is 3.42. The van der Waals surface area contributed by atoms with Gasteiger partial charge in [0.05, 0.1) is 5.69 Å². The van der Waals surface area contributed by atoms with E-state index in [9.17, 15) is 9.59 Å². The Balaban J connectivity index is 2.04. The van der Waals surface area contributed by atoms with Crippen LogP contribution in [0.3, 0.4) is 0 Å². The van der Waals surface area contributed by atoms with E-state index in [1.807, 2.05) is 0 Å². The number of anilines is 1. The molecular weight excluding hydrogens is 328 g/mol. The Labute approximate surface area is 148 Å². The number of hydrogen-bond donors (Lipinski definition) is 1. The normalized spacial score (nSPS) is 15.7. The van der Waals surface area contributed by atoms with E-state index in [1.165, 1.54) is 0 Å². The molecule has 0 unspecified atom stereocenters. The zero-order chi connectivity index (χ0) is 17.7. The molecule has 6 heteroatoms. The maximum Gasteiger partial charge on any atom is 0.270 e.